The lowest BCUT2D eigenvalue weighted by Crippen LogP contribution is -2.17. The van der Waals surface area contributed by atoms with Gasteiger partial charge in [0.1, 0.15) is 4.83 Å². The van der Waals surface area contributed by atoms with Gasteiger partial charge in [-0.15, -0.1) is 0 Å². The van der Waals surface area contributed by atoms with Crippen molar-refractivity contribution in [1.29, 1.82) is 0 Å². The first kappa shape index (κ1) is 8.20. The Morgan fingerprint density at radius 2 is 2.36 bits per heavy atom. The number of amides is 1. The zero-order valence-electron chi connectivity index (χ0n) is 5.70. The van der Waals surface area contributed by atoms with Crippen LogP contribution in [0.2, 0.25) is 0 Å². The molecule has 0 aliphatic heterocycles. The van der Waals surface area contributed by atoms with E-state index in [-0.39, 0.29) is 0 Å². The van der Waals surface area contributed by atoms with Gasteiger partial charge in [-0.25, -0.2) is 0 Å². The third kappa shape index (κ3) is 2.01. The fraction of sp³-hybridized carbons (Fsp3) is 0.143. The minimum absolute atomic E-state index is 0.427. The van der Waals surface area contributed by atoms with E-state index >= 15 is 0 Å². The molecule has 2 N–H and O–H groups in total. The fourth-order valence-electron chi connectivity index (χ4n) is 0.672. The second-order valence-electron chi connectivity index (χ2n) is 2.02. The summed E-state index contributed by atoms with van der Waals surface area (Å²) in [5.41, 5.74) is 5.68. The predicted molar refractivity (Wildman–Crippen MR) is 45.1 cm³/mol. The number of halogens is 1. The standard InChI is InChI=1S/C7H7BrN2O/c8-6(7(9)11)5-3-1-2-4-10-5/h1-4,6H,(H2,9,11). The largest absolute Gasteiger partial charge is 0.368 e. The number of alkyl halides is 1. The third-order valence-electron chi connectivity index (χ3n) is 1.20. The van der Waals surface area contributed by atoms with Crippen molar-refractivity contribution in [1.82, 2.24) is 4.98 Å². The van der Waals surface area contributed by atoms with Crippen molar-refractivity contribution in [2.45, 2.75) is 4.83 Å². The molecule has 0 aromatic carbocycles. The van der Waals surface area contributed by atoms with Crippen molar-refractivity contribution in [3.8, 4) is 0 Å². The number of aromatic nitrogens is 1. The van der Waals surface area contributed by atoms with E-state index in [1.54, 1.807) is 24.4 Å². The molecule has 4 heteroatoms. The lowest BCUT2D eigenvalue weighted by Gasteiger charge is -2.02. The fourth-order valence-corrected chi connectivity index (χ4v) is 0.942. The Morgan fingerprint density at radius 3 is 2.82 bits per heavy atom. The van der Waals surface area contributed by atoms with E-state index in [2.05, 4.69) is 20.9 Å². The van der Waals surface area contributed by atoms with Gasteiger partial charge >= 0.3 is 0 Å². The van der Waals surface area contributed by atoms with Crippen LogP contribution in [0.25, 0.3) is 0 Å². The first-order valence-electron chi connectivity index (χ1n) is 3.06. The quantitative estimate of drug-likeness (QED) is 0.748. The normalized spacial score (nSPS) is 12.5. The SMILES string of the molecule is NC(=O)C(Br)c1ccccn1. The van der Waals surface area contributed by atoms with Gasteiger partial charge in [-0.2, -0.15) is 0 Å². The lowest BCUT2D eigenvalue weighted by atomic mass is 10.3. The summed E-state index contributed by atoms with van der Waals surface area (Å²) in [7, 11) is 0. The first-order valence-corrected chi connectivity index (χ1v) is 3.97. The van der Waals surface area contributed by atoms with Crippen LogP contribution in [-0.2, 0) is 4.79 Å². The highest BCUT2D eigenvalue weighted by molar-refractivity contribution is 9.09. The molecule has 0 fully saturated rings. The maximum Gasteiger partial charge on any atom is 0.237 e. The average Bonchev–Trinajstić information content (AvgIpc) is 2.05. The van der Waals surface area contributed by atoms with Gasteiger partial charge in [0, 0.05) is 6.20 Å². The van der Waals surface area contributed by atoms with E-state index in [1.807, 2.05) is 0 Å². The van der Waals surface area contributed by atoms with Crippen molar-refractivity contribution < 1.29 is 4.79 Å². The number of carbonyl (C=O) groups is 1. The molecule has 1 atom stereocenters. The van der Waals surface area contributed by atoms with Crippen LogP contribution in [0.4, 0.5) is 0 Å². The topological polar surface area (TPSA) is 56.0 Å². The van der Waals surface area contributed by atoms with Crippen LogP contribution in [0.1, 0.15) is 10.5 Å². The molecular weight excluding hydrogens is 208 g/mol. The molecule has 0 radical (unpaired) electrons. The molecule has 1 aromatic heterocycles. The van der Waals surface area contributed by atoms with Crippen LogP contribution in [0.15, 0.2) is 24.4 Å². The highest BCUT2D eigenvalue weighted by Gasteiger charge is 2.13. The van der Waals surface area contributed by atoms with Crippen molar-refractivity contribution in [2.24, 2.45) is 5.73 Å². The minimum atomic E-state index is -0.483. The molecule has 3 nitrogen and oxygen atoms in total. The number of nitrogens with zero attached hydrogens (tertiary/aromatic N) is 1. The van der Waals surface area contributed by atoms with Crippen LogP contribution in [-0.4, -0.2) is 10.9 Å². The molecule has 1 aromatic rings. The van der Waals surface area contributed by atoms with Crippen molar-refractivity contribution in [3.63, 3.8) is 0 Å². The second-order valence-corrected chi connectivity index (χ2v) is 2.94. The first-order chi connectivity index (χ1) is 5.22. The van der Waals surface area contributed by atoms with Crippen LogP contribution in [0.3, 0.4) is 0 Å². The van der Waals surface area contributed by atoms with Crippen LogP contribution >= 0.6 is 15.9 Å². The smallest absolute Gasteiger partial charge is 0.237 e. The van der Waals surface area contributed by atoms with Gasteiger partial charge in [-0.05, 0) is 12.1 Å². The van der Waals surface area contributed by atoms with Gasteiger partial charge in [0.25, 0.3) is 0 Å². The Morgan fingerprint density at radius 1 is 1.64 bits per heavy atom. The maximum atomic E-state index is 10.6. The number of hydrogen-bond acceptors (Lipinski definition) is 2. The highest BCUT2D eigenvalue weighted by atomic mass is 79.9. The predicted octanol–water partition coefficient (Wildman–Crippen LogP) is 1.00. The van der Waals surface area contributed by atoms with Crippen LogP contribution in [0.5, 0.6) is 0 Å². The van der Waals surface area contributed by atoms with Gasteiger partial charge < -0.3 is 5.73 Å². The summed E-state index contributed by atoms with van der Waals surface area (Å²) in [4.78, 5) is 14.1. The summed E-state index contributed by atoms with van der Waals surface area (Å²) in [5.74, 6) is -0.427. The minimum Gasteiger partial charge on any atom is -0.368 e. The summed E-state index contributed by atoms with van der Waals surface area (Å²) in [6, 6.07) is 5.33. The second kappa shape index (κ2) is 3.48. The average molecular weight is 215 g/mol. The zero-order valence-corrected chi connectivity index (χ0v) is 7.28. The van der Waals surface area contributed by atoms with E-state index in [1.165, 1.54) is 0 Å². The molecule has 0 bridgehead atoms. The van der Waals surface area contributed by atoms with E-state index < -0.39 is 10.7 Å². The van der Waals surface area contributed by atoms with Gasteiger partial charge in [-0.1, -0.05) is 22.0 Å². The summed E-state index contributed by atoms with van der Waals surface area (Å²) < 4.78 is 0. The number of carbonyl (C=O) groups excluding carboxylic acids is 1. The number of pyridine rings is 1. The Bertz CT molecular complexity index is 250. The van der Waals surface area contributed by atoms with Crippen molar-refractivity contribution in [3.05, 3.63) is 30.1 Å². The number of nitrogens with two attached hydrogens (primary N) is 1. The van der Waals surface area contributed by atoms with Crippen molar-refractivity contribution >= 4 is 21.8 Å². The lowest BCUT2D eigenvalue weighted by molar-refractivity contribution is -0.117. The maximum absolute atomic E-state index is 10.6. The summed E-state index contributed by atoms with van der Waals surface area (Å²) in [5, 5.41) is 0. The molecule has 1 unspecified atom stereocenters. The zero-order chi connectivity index (χ0) is 8.27. The summed E-state index contributed by atoms with van der Waals surface area (Å²) in [6.45, 7) is 0. The molecule has 0 saturated carbocycles. The molecule has 1 heterocycles. The highest BCUT2D eigenvalue weighted by Crippen LogP contribution is 2.18. The van der Waals surface area contributed by atoms with Gasteiger partial charge in [0.05, 0.1) is 5.69 Å². The molecule has 1 rings (SSSR count). The van der Waals surface area contributed by atoms with Crippen LogP contribution < -0.4 is 5.73 Å². The summed E-state index contributed by atoms with van der Waals surface area (Å²) >= 11 is 3.11. The molecule has 0 saturated heterocycles. The molecular formula is C7H7BrN2O. The third-order valence-corrected chi connectivity index (χ3v) is 2.12. The number of hydrogen-bond donors (Lipinski definition) is 1. The molecule has 1 amide bonds. The number of primary amides is 1. The Kier molecular flexibility index (Phi) is 2.59. The molecule has 58 valence electrons. The van der Waals surface area contributed by atoms with Crippen molar-refractivity contribution in [2.75, 3.05) is 0 Å². The van der Waals surface area contributed by atoms with Gasteiger partial charge in [0.15, 0.2) is 0 Å². The van der Waals surface area contributed by atoms with Crippen LogP contribution in [0, 0.1) is 0 Å². The van der Waals surface area contributed by atoms with E-state index in [0.29, 0.717) is 5.69 Å². The Labute approximate surface area is 72.7 Å². The Hall–Kier alpha value is -0.900. The monoisotopic (exact) mass is 214 g/mol. The van der Waals surface area contributed by atoms with Gasteiger partial charge in [0.2, 0.25) is 5.91 Å². The molecule has 0 aliphatic carbocycles. The Balaban J connectivity index is 2.85. The molecule has 11 heavy (non-hydrogen) atoms. The summed E-state index contributed by atoms with van der Waals surface area (Å²) in [6.07, 6.45) is 1.62. The van der Waals surface area contributed by atoms with E-state index in [4.69, 9.17) is 5.73 Å². The van der Waals surface area contributed by atoms with Gasteiger partial charge in [-0.3, -0.25) is 9.78 Å². The van der Waals surface area contributed by atoms with E-state index in [9.17, 15) is 4.79 Å². The van der Waals surface area contributed by atoms with E-state index in [0.717, 1.165) is 0 Å². The number of rotatable bonds is 2. The molecule has 0 spiro atoms. The molecule has 0 aliphatic rings.